The molecule has 2 unspecified atom stereocenters. The quantitative estimate of drug-likeness (QED) is 0.584. The van der Waals surface area contributed by atoms with Crippen molar-refractivity contribution in [3.8, 4) is 0 Å². The molecule has 0 bridgehead atoms. The number of benzene rings is 1. The Labute approximate surface area is 133 Å². The fourth-order valence-electron chi connectivity index (χ4n) is 2.66. The van der Waals surface area contributed by atoms with Gasteiger partial charge in [0.25, 0.3) is 0 Å². The van der Waals surface area contributed by atoms with Gasteiger partial charge in [0.15, 0.2) is 0 Å². The number of thiophene rings is 1. The van der Waals surface area contributed by atoms with E-state index >= 15 is 0 Å². The molecular formula is C14H14Br2N2S. The highest BCUT2D eigenvalue weighted by Crippen LogP contribution is 2.43. The molecule has 2 aromatic rings. The van der Waals surface area contributed by atoms with E-state index in [1.54, 1.807) is 11.3 Å². The standard InChI is InChI=1S/C14H14Br2N2S/c15-11-7-13(19-14(11)16)12(18-17)6-9-5-8-3-1-2-4-10(8)9/h1-4,7,9,12,18H,5-6,17H2. The number of hydrazine groups is 1. The lowest BCUT2D eigenvalue weighted by Gasteiger charge is -2.32. The number of rotatable bonds is 4. The van der Waals surface area contributed by atoms with E-state index in [1.807, 2.05) is 0 Å². The van der Waals surface area contributed by atoms with Crippen LogP contribution in [0.1, 0.15) is 34.4 Å². The Kier molecular flexibility index (Phi) is 4.10. The van der Waals surface area contributed by atoms with Crippen LogP contribution >= 0.6 is 43.2 Å². The summed E-state index contributed by atoms with van der Waals surface area (Å²) in [5.74, 6) is 6.36. The van der Waals surface area contributed by atoms with E-state index in [0.717, 1.165) is 14.7 Å². The largest absolute Gasteiger partial charge is 0.271 e. The van der Waals surface area contributed by atoms with Gasteiger partial charge in [0.2, 0.25) is 0 Å². The molecule has 0 aliphatic heterocycles. The molecule has 0 fully saturated rings. The number of halogens is 2. The lowest BCUT2D eigenvalue weighted by atomic mass is 9.74. The van der Waals surface area contributed by atoms with E-state index in [0.29, 0.717) is 5.92 Å². The average molecular weight is 402 g/mol. The fourth-order valence-corrected chi connectivity index (χ4v) is 4.82. The summed E-state index contributed by atoms with van der Waals surface area (Å²) in [5.41, 5.74) is 5.92. The Bertz CT molecular complexity index is 577. The Balaban J connectivity index is 1.75. The molecule has 19 heavy (non-hydrogen) atoms. The first kappa shape index (κ1) is 13.8. The second-order valence-electron chi connectivity index (χ2n) is 4.83. The van der Waals surface area contributed by atoms with Crippen molar-refractivity contribution in [1.82, 2.24) is 5.43 Å². The molecule has 5 heteroatoms. The maximum absolute atomic E-state index is 5.74. The van der Waals surface area contributed by atoms with Gasteiger partial charge in [-0.3, -0.25) is 11.3 Å². The highest BCUT2D eigenvalue weighted by molar-refractivity contribution is 9.13. The van der Waals surface area contributed by atoms with Gasteiger partial charge in [-0.1, -0.05) is 24.3 Å². The topological polar surface area (TPSA) is 38.0 Å². The van der Waals surface area contributed by atoms with E-state index in [2.05, 4.69) is 67.6 Å². The zero-order valence-corrected chi connectivity index (χ0v) is 14.2. The van der Waals surface area contributed by atoms with Crippen LogP contribution in [0, 0.1) is 0 Å². The lowest BCUT2D eigenvalue weighted by Crippen LogP contribution is -2.31. The van der Waals surface area contributed by atoms with E-state index in [-0.39, 0.29) is 6.04 Å². The van der Waals surface area contributed by atoms with Crippen molar-refractivity contribution >= 4 is 43.2 Å². The first-order chi connectivity index (χ1) is 9.19. The molecule has 1 aliphatic rings. The second-order valence-corrected chi connectivity index (χ2v) is 8.08. The molecule has 1 aromatic heterocycles. The third kappa shape index (κ3) is 2.67. The third-order valence-electron chi connectivity index (χ3n) is 3.69. The van der Waals surface area contributed by atoms with Crippen LogP contribution < -0.4 is 11.3 Å². The van der Waals surface area contributed by atoms with Crippen LogP contribution in [0.15, 0.2) is 38.6 Å². The van der Waals surface area contributed by atoms with E-state index in [4.69, 9.17) is 5.84 Å². The predicted molar refractivity (Wildman–Crippen MR) is 87.3 cm³/mol. The minimum atomic E-state index is 0.214. The number of hydrogen-bond donors (Lipinski definition) is 2. The molecule has 0 radical (unpaired) electrons. The van der Waals surface area contributed by atoms with Crippen LogP contribution in [-0.4, -0.2) is 0 Å². The fraction of sp³-hybridized carbons (Fsp3) is 0.286. The van der Waals surface area contributed by atoms with E-state index in [1.165, 1.54) is 22.4 Å². The highest BCUT2D eigenvalue weighted by Gasteiger charge is 2.29. The molecular weight excluding hydrogens is 388 g/mol. The summed E-state index contributed by atoms with van der Waals surface area (Å²) in [5, 5.41) is 0. The number of hydrogen-bond acceptors (Lipinski definition) is 3. The van der Waals surface area contributed by atoms with Gasteiger partial charge >= 0.3 is 0 Å². The average Bonchev–Trinajstić information content (AvgIpc) is 2.71. The van der Waals surface area contributed by atoms with E-state index in [9.17, 15) is 0 Å². The van der Waals surface area contributed by atoms with Crippen LogP contribution in [0.4, 0.5) is 0 Å². The normalized spacial score (nSPS) is 18.8. The van der Waals surface area contributed by atoms with Gasteiger partial charge in [-0.05, 0) is 67.8 Å². The third-order valence-corrected chi connectivity index (χ3v) is 7.06. The van der Waals surface area contributed by atoms with Gasteiger partial charge in [-0.25, -0.2) is 0 Å². The van der Waals surface area contributed by atoms with Crippen molar-refractivity contribution in [3.05, 3.63) is 54.6 Å². The summed E-state index contributed by atoms with van der Waals surface area (Å²) in [6.07, 6.45) is 2.22. The number of nitrogens with two attached hydrogens (primary N) is 1. The molecule has 1 heterocycles. The monoisotopic (exact) mass is 400 g/mol. The molecule has 100 valence electrons. The second kappa shape index (κ2) is 5.66. The molecule has 1 aromatic carbocycles. The summed E-state index contributed by atoms with van der Waals surface area (Å²) in [4.78, 5) is 1.27. The van der Waals surface area contributed by atoms with Crippen molar-refractivity contribution in [2.75, 3.05) is 0 Å². The molecule has 3 rings (SSSR count). The zero-order chi connectivity index (χ0) is 13.4. The Morgan fingerprint density at radius 2 is 2.16 bits per heavy atom. The van der Waals surface area contributed by atoms with Gasteiger partial charge in [-0.15, -0.1) is 11.3 Å². The zero-order valence-electron chi connectivity index (χ0n) is 10.2. The summed E-state index contributed by atoms with van der Waals surface area (Å²) in [7, 11) is 0. The first-order valence-electron chi connectivity index (χ1n) is 6.17. The lowest BCUT2D eigenvalue weighted by molar-refractivity contribution is 0.440. The summed E-state index contributed by atoms with van der Waals surface area (Å²) in [6.45, 7) is 0. The van der Waals surface area contributed by atoms with E-state index < -0.39 is 0 Å². The van der Waals surface area contributed by atoms with Crippen molar-refractivity contribution in [2.45, 2.75) is 24.8 Å². The van der Waals surface area contributed by atoms with Crippen LogP contribution in [0.25, 0.3) is 0 Å². The summed E-state index contributed by atoms with van der Waals surface area (Å²) in [6, 6.07) is 11.0. The van der Waals surface area contributed by atoms with Crippen LogP contribution in [0.2, 0.25) is 0 Å². The van der Waals surface area contributed by atoms with Gasteiger partial charge in [0.05, 0.1) is 9.83 Å². The van der Waals surface area contributed by atoms with Crippen molar-refractivity contribution in [1.29, 1.82) is 0 Å². The minimum Gasteiger partial charge on any atom is -0.271 e. The molecule has 0 saturated carbocycles. The van der Waals surface area contributed by atoms with Gasteiger partial charge in [0, 0.05) is 9.35 Å². The van der Waals surface area contributed by atoms with Gasteiger partial charge in [0.1, 0.15) is 0 Å². The number of nitrogens with one attached hydrogen (secondary N) is 1. The number of fused-ring (bicyclic) bond motifs is 1. The van der Waals surface area contributed by atoms with Crippen LogP contribution in [-0.2, 0) is 6.42 Å². The first-order valence-corrected chi connectivity index (χ1v) is 8.58. The highest BCUT2D eigenvalue weighted by atomic mass is 79.9. The minimum absolute atomic E-state index is 0.214. The molecule has 0 saturated heterocycles. The Morgan fingerprint density at radius 3 is 2.79 bits per heavy atom. The van der Waals surface area contributed by atoms with Crippen molar-refractivity contribution in [3.63, 3.8) is 0 Å². The molecule has 1 aliphatic carbocycles. The molecule has 0 amide bonds. The molecule has 3 N–H and O–H groups in total. The van der Waals surface area contributed by atoms with Crippen LogP contribution in [0.5, 0.6) is 0 Å². The molecule has 2 atom stereocenters. The van der Waals surface area contributed by atoms with Crippen molar-refractivity contribution < 1.29 is 0 Å². The summed E-state index contributed by atoms with van der Waals surface area (Å²) < 4.78 is 2.22. The maximum atomic E-state index is 5.74. The maximum Gasteiger partial charge on any atom is 0.0843 e. The Morgan fingerprint density at radius 1 is 1.37 bits per heavy atom. The smallest absolute Gasteiger partial charge is 0.0843 e. The van der Waals surface area contributed by atoms with Crippen molar-refractivity contribution in [2.24, 2.45) is 5.84 Å². The van der Waals surface area contributed by atoms with Gasteiger partial charge in [-0.2, -0.15) is 0 Å². The molecule has 0 spiro atoms. The Hall–Kier alpha value is -0.200. The SMILES string of the molecule is NNC(CC1Cc2ccccc21)c1cc(Br)c(Br)s1. The van der Waals surface area contributed by atoms with Crippen LogP contribution in [0.3, 0.4) is 0 Å². The predicted octanol–water partition coefficient (Wildman–Crippen LogP) is 4.51. The molecule has 2 nitrogen and oxygen atoms in total. The van der Waals surface area contributed by atoms with Gasteiger partial charge < -0.3 is 0 Å². The summed E-state index contributed by atoms with van der Waals surface area (Å²) >= 11 is 8.80.